The summed E-state index contributed by atoms with van der Waals surface area (Å²) in [5.74, 6) is 0.769. The number of nitrogens with two attached hydrogens (primary N) is 1. The Morgan fingerprint density at radius 3 is 3.06 bits per heavy atom. The molecule has 3 nitrogen and oxygen atoms in total. The fourth-order valence-electron chi connectivity index (χ4n) is 1.79. The van der Waals surface area contributed by atoms with Gasteiger partial charge in [0.1, 0.15) is 12.4 Å². The first kappa shape index (κ1) is 11.7. The van der Waals surface area contributed by atoms with Crippen LogP contribution in [0.3, 0.4) is 0 Å². The summed E-state index contributed by atoms with van der Waals surface area (Å²) in [6, 6.07) is 5.52. The average Bonchev–Trinajstić information content (AvgIpc) is 2.79. The van der Waals surface area contributed by atoms with Crippen LogP contribution in [-0.2, 0) is 11.3 Å². The van der Waals surface area contributed by atoms with Gasteiger partial charge in [0.25, 0.3) is 0 Å². The zero-order chi connectivity index (χ0) is 11.4. The Hall–Kier alpha value is -0.770. The summed E-state index contributed by atoms with van der Waals surface area (Å²) >= 11 is 5.92. The molecule has 0 amide bonds. The molecule has 0 spiro atoms. The lowest BCUT2D eigenvalue weighted by Gasteiger charge is -2.14. The van der Waals surface area contributed by atoms with E-state index in [9.17, 15) is 0 Å². The van der Waals surface area contributed by atoms with Crippen molar-refractivity contribution in [3.05, 3.63) is 28.8 Å². The Bertz CT molecular complexity index is 351. The second-order valence-electron chi connectivity index (χ2n) is 3.90. The van der Waals surface area contributed by atoms with Gasteiger partial charge >= 0.3 is 0 Å². The van der Waals surface area contributed by atoms with Gasteiger partial charge in [0.05, 0.1) is 6.10 Å². The van der Waals surface area contributed by atoms with Crippen molar-refractivity contribution in [2.24, 2.45) is 5.73 Å². The molecule has 1 saturated heterocycles. The van der Waals surface area contributed by atoms with Crippen LogP contribution in [0.5, 0.6) is 5.75 Å². The second-order valence-corrected chi connectivity index (χ2v) is 4.34. The topological polar surface area (TPSA) is 44.5 Å². The van der Waals surface area contributed by atoms with E-state index in [1.807, 2.05) is 12.1 Å². The van der Waals surface area contributed by atoms with Gasteiger partial charge in [-0.1, -0.05) is 17.7 Å². The number of halogens is 1. The lowest BCUT2D eigenvalue weighted by atomic mass is 10.2. The Balaban J connectivity index is 1.98. The van der Waals surface area contributed by atoms with E-state index in [2.05, 4.69) is 0 Å². The molecule has 0 bridgehead atoms. The Kier molecular flexibility index (Phi) is 4.04. The highest BCUT2D eigenvalue weighted by atomic mass is 35.5. The molecule has 1 fully saturated rings. The van der Waals surface area contributed by atoms with E-state index in [-0.39, 0.29) is 6.10 Å². The summed E-state index contributed by atoms with van der Waals surface area (Å²) in [7, 11) is 0. The highest BCUT2D eigenvalue weighted by Crippen LogP contribution is 2.24. The molecule has 1 unspecified atom stereocenters. The number of rotatable bonds is 4. The predicted octanol–water partition coefficient (Wildman–Crippen LogP) is 2.36. The summed E-state index contributed by atoms with van der Waals surface area (Å²) in [5.41, 5.74) is 6.60. The molecule has 1 aromatic rings. The van der Waals surface area contributed by atoms with Crippen LogP contribution in [0.2, 0.25) is 5.02 Å². The van der Waals surface area contributed by atoms with Gasteiger partial charge in [0.2, 0.25) is 0 Å². The third-order valence-corrected chi connectivity index (χ3v) is 2.93. The predicted molar refractivity (Wildman–Crippen MR) is 63.8 cm³/mol. The Morgan fingerprint density at radius 2 is 2.38 bits per heavy atom. The van der Waals surface area contributed by atoms with E-state index in [0.717, 1.165) is 30.8 Å². The minimum atomic E-state index is 0.213. The lowest BCUT2D eigenvalue weighted by molar-refractivity contribution is 0.0676. The summed E-state index contributed by atoms with van der Waals surface area (Å²) in [4.78, 5) is 0. The molecule has 1 aromatic carbocycles. The number of ether oxygens (including phenoxy) is 2. The van der Waals surface area contributed by atoms with Crippen LogP contribution < -0.4 is 10.5 Å². The van der Waals surface area contributed by atoms with Crippen molar-refractivity contribution < 1.29 is 9.47 Å². The van der Waals surface area contributed by atoms with E-state index in [4.69, 9.17) is 26.8 Å². The maximum atomic E-state index is 5.92. The highest BCUT2D eigenvalue weighted by Gasteiger charge is 2.16. The molecule has 0 saturated carbocycles. The summed E-state index contributed by atoms with van der Waals surface area (Å²) in [5, 5.41) is 0.666. The molecule has 0 aliphatic carbocycles. The van der Waals surface area contributed by atoms with Crippen molar-refractivity contribution in [1.82, 2.24) is 0 Å². The first-order valence-electron chi connectivity index (χ1n) is 5.52. The maximum Gasteiger partial charge on any atom is 0.125 e. The fraction of sp³-hybridized carbons (Fsp3) is 0.500. The molecule has 16 heavy (non-hydrogen) atoms. The van der Waals surface area contributed by atoms with Crippen LogP contribution in [0, 0.1) is 0 Å². The van der Waals surface area contributed by atoms with E-state index in [1.54, 1.807) is 6.07 Å². The van der Waals surface area contributed by atoms with Crippen molar-refractivity contribution in [3.8, 4) is 5.75 Å². The van der Waals surface area contributed by atoms with E-state index < -0.39 is 0 Å². The quantitative estimate of drug-likeness (QED) is 0.880. The second kappa shape index (κ2) is 5.53. The first-order chi connectivity index (χ1) is 7.79. The highest BCUT2D eigenvalue weighted by molar-refractivity contribution is 6.30. The zero-order valence-electron chi connectivity index (χ0n) is 9.12. The van der Waals surface area contributed by atoms with E-state index in [0.29, 0.717) is 18.2 Å². The molecule has 1 atom stereocenters. The van der Waals surface area contributed by atoms with Crippen LogP contribution in [-0.4, -0.2) is 19.3 Å². The number of hydrogen-bond donors (Lipinski definition) is 1. The van der Waals surface area contributed by atoms with Crippen molar-refractivity contribution in [3.63, 3.8) is 0 Å². The lowest BCUT2D eigenvalue weighted by Crippen LogP contribution is -2.17. The fourth-order valence-corrected chi connectivity index (χ4v) is 1.95. The first-order valence-corrected chi connectivity index (χ1v) is 5.90. The number of benzene rings is 1. The van der Waals surface area contributed by atoms with Crippen LogP contribution in [0.25, 0.3) is 0 Å². The molecule has 2 N–H and O–H groups in total. The summed E-state index contributed by atoms with van der Waals surface area (Å²) in [6.45, 7) is 1.87. The minimum absolute atomic E-state index is 0.213. The van der Waals surface area contributed by atoms with Crippen molar-refractivity contribution >= 4 is 11.6 Å². The van der Waals surface area contributed by atoms with Gasteiger partial charge in [-0.3, -0.25) is 0 Å². The number of hydrogen-bond acceptors (Lipinski definition) is 3. The van der Waals surface area contributed by atoms with Crippen molar-refractivity contribution in [2.75, 3.05) is 13.2 Å². The van der Waals surface area contributed by atoms with Crippen LogP contribution in [0.15, 0.2) is 18.2 Å². The van der Waals surface area contributed by atoms with Gasteiger partial charge in [-0.2, -0.15) is 0 Å². The standard InChI is InChI=1S/C12H16ClNO2/c13-10-4-3-9(7-14)12(6-10)16-8-11-2-1-5-15-11/h3-4,6,11H,1-2,5,7-8,14H2. The summed E-state index contributed by atoms with van der Waals surface area (Å²) < 4.78 is 11.2. The van der Waals surface area contributed by atoms with Gasteiger partial charge < -0.3 is 15.2 Å². The molecule has 4 heteroatoms. The van der Waals surface area contributed by atoms with Gasteiger partial charge in [0.15, 0.2) is 0 Å². The molecule has 88 valence electrons. The van der Waals surface area contributed by atoms with Crippen molar-refractivity contribution in [2.45, 2.75) is 25.5 Å². The molecular weight excluding hydrogens is 226 g/mol. The van der Waals surface area contributed by atoms with E-state index >= 15 is 0 Å². The third kappa shape index (κ3) is 2.88. The average molecular weight is 242 g/mol. The van der Waals surface area contributed by atoms with Gasteiger partial charge in [-0.15, -0.1) is 0 Å². The van der Waals surface area contributed by atoms with Crippen molar-refractivity contribution in [1.29, 1.82) is 0 Å². The Morgan fingerprint density at radius 1 is 1.50 bits per heavy atom. The monoisotopic (exact) mass is 241 g/mol. The van der Waals surface area contributed by atoms with Crippen LogP contribution >= 0.6 is 11.6 Å². The van der Waals surface area contributed by atoms with E-state index in [1.165, 1.54) is 0 Å². The van der Waals surface area contributed by atoms with Gasteiger partial charge in [0, 0.05) is 23.7 Å². The Labute approximate surface area is 100 Å². The zero-order valence-corrected chi connectivity index (χ0v) is 9.87. The maximum absolute atomic E-state index is 5.92. The molecule has 2 rings (SSSR count). The molecule has 1 aliphatic rings. The molecule has 0 radical (unpaired) electrons. The normalized spacial score (nSPS) is 20.0. The third-order valence-electron chi connectivity index (χ3n) is 2.70. The largest absolute Gasteiger partial charge is 0.490 e. The molecule has 1 heterocycles. The van der Waals surface area contributed by atoms with Crippen LogP contribution in [0.1, 0.15) is 18.4 Å². The summed E-state index contributed by atoms with van der Waals surface area (Å²) in [6.07, 6.45) is 2.40. The van der Waals surface area contributed by atoms with Gasteiger partial charge in [-0.25, -0.2) is 0 Å². The smallest absolute Gasteiger partial charge is 0.125 e. The molecule has 0 aromatic heterocycles. The minimum Gasteiger partial charge on any atom is -0.490 e. The SMILES string of the molecule is NCc1ccc(Cl)cc1OCC1CCCO1. The molecule has 1 aliphatic heterocycles. The van der Waals surface area contributed by atoms with Crippen LogP contribution in [0.4, 0.5) is 0 Å². The molecular formula is C12H16ClNO2. The van der Waals surface area contributed by atoms with Gasteiger partial charge in [-0.05, 0) is 25.0 Å².